The molecule has 0 amide bonds. The summed E-state index contributed by atoms with van der Waals surface area (Å²) in [5.74, 6) is 1.57. The van der Waals surface area contributed by atoms with Crippen LogP contribution in [-0.2, 0) is 0 Å². The van der Waals surface area contributed by atoms with Gasteiger partial charge in [-0.05, 0) is 30.7 Å². The Morgan fingerprint density at radius 2 is 1.82 bits per heavy atom. The average Bonchev–Trinajstić information content (AvgIpc) is 2.32. The monoisotopic (exact) mass is 247 g/mol. The third kappa shape index (κ3) is 2.71. The summed E-state index contributed by atoms with van der Waals surface area (Å²) in [7, 11) is 1.86. The molecule has 0 aromatic heterocycles. The van der Waals surface area contributed by atoms with Crippen LogP contribution in [0.15, 0.2) is 42.5 Å². The number of anilines is 1. The fourth-order valence-electron chi connectivity index (χ4n) is 1.58. The normalized spacial score (nSPS) is 10.1. The number of rotatable bonds is 3. The molecule has 0 saturated carbocycles. The molecule has 0 heterocycles. The summed E-state index contributed by atoms with van der Waals surface area (Å²) in [4.78, 5) is 0. The van der Waals surface area contributed by atoms with E-state index in [0.29, 0.717) is 5.02 Å². The summed E-state index contributed by atoms with van der Waals surface area (Å²) >= 11 is 5.97. The first-order valence-electron chi connectivity index (χ1n) is 5.41. The van der Waals surface area contributed by atoms with Crippen molar-refractivity contribution in [3.05, 3.63) is 53.1 Å². The Kier molecular flexibility index (Phi) is 3.55. The Bertz CT molecular complexity index is 525. The highest BCUT2D eigenvalue weighted by Gasteiger charge is 2.06. The van der Waals surface area contributed by atoms with Crippen LogP contribution in [0.25, 0.3) is 0 Å². The van der Waals surface area contributed by atoms with Gasteiger partial charge in [0.1, 0.15) is 5.75 Å². The summed E-state index contributed by atoms with van der Waals surface area (Å²) in [6.07, 6.45) is 0. The molecule has 0 radical (unpaired) electrons. The van der Waals surface area contributed by atoms with Gasteiger partial charge in [0.05, 0.1) is 5.69 Å². The predicted molar refractivity (Wildman–Crippen MR) is 72.3 cm³/mol. The minimum atomic E-state index is 0.660. The van der Waals surface area contributed by atoms with Crippen LogP contribution in [0.1, 0.15) is 5.56 Å². The van der Waals surface area contributed by atoms with Crippen LogP contribution in [0.2, 0.25) is 5.02 Å². The van der Waals surface area contributed by atoms with Crippen LogP contribution in [0.3, 0.4) is 0 Å². The topological polar surface area (TPSA) is 21.3 Å². The summed E-state index contributed by atoms with van der Waals surface area (Å²) in [5, 5.41) is 3.74. The van der Waals surface area contributed by atoms with Crippen LogP contribution in [0.5, 0.6) is 11.5 Å². The van der Waals surface area contributed by atoms with Crippen molar-refractivity contribution in [1.29, 1.82) is 0 Å². The van der Waals surface area contributed by atoms with E-state index in [1.165, 1.54) is 0 Å². The van der Waals surface area contributed by atoms with Crippen molar-refractivity contribution in [3.8, 4) is 11.5 Å². The Morgan fingerprint density at radius 3 is 2.53 bits per heavy atom. The van der Waals surface area contributed by atoms with Crippen molar-refractivity contribution in [2.24, 2.45) is 0 Å². The number of hydrogen-bond donors (Lipinski definition) is 1. The number of aryl methyl sites for hydroxylation is 1. The minimum Gasteiger partial charge on any atom is -0.455 e. The maximum Gasteiger partial charge on any atom is 0.151 e. The van der Waals surface area contributed by atoms with Crippen molar-refractivity contribution in [2.45, 2.75) is 6.92 Å². The molecule has 17 heavy (non-hydrogen) atoms. The molecule has 2 aromatic carbocycles. The minimum absolute atomic E-state index is 0.660. The zero-order valence-electron chi connectivity index (χ0n) is 9.83. The fraction of sp³-hybridized carbons (Fsp3) is 0.143. The summed E-state index contributed by atoms with van der Waals surface area (Å²) < 4.78 is 5.87. The molecule has 0 aliphatic carbocycles. The van der Waals surface area contributed by atoms with Crippen LogP contribution in [0.4, 0.5) is 5.69 Å². The molecule has 3 heteroatoms. The van der Waals surface area contributed by atoms with Gasteiger partial charge >= 0.3 is 0 Å². The number of ether oxygens (including phenoxy) is 1. The Balaban J connectivity index is 2.35. The number of nitrogens with one attached hydrogen (secondary N) is 1. The third-order valence-corrected chi connectivity index (χ3v) is 2.76. The Labute approximate surface area is 106 Å². The first kappa shape index (κ1) is 11.8. The number of para-hydroxylation sites is 1. The molecule has 88 valence electrons. The second-order valence-electron chi connectivity index (χ2n) is 3.76. The quantitative estimate of drug-likeness (QED) is 0.863. The molecule has 0 aliphatic rings. The Morgan fingerprint density at radius 1 is 1.06 bits per heavy atom. The van der Waals surface area contributed by atoms with Gasteiger partial charge in [-0.15, -0.1) is 0 Å². The summed E-state index contributed by atoms with van der Waals surface area (Å²) in [5.41, 5.74) is 2.01. The van der Waals surface area contributed by atoms with E-state index in [-0.39, 0.29) is 0 Å². The van der Waals surface area contributed by atoms with Crippen LogP contribution in [-0.4, -0.2) is 7.05 Å². The highest BCUT2D eigenvalue weighted by molar-refractivity contribution is 6.30. The zero-order valence-corrected chi connectivity index (χ0v) is 10.6. The van der Waals surface area contributed by atoms with Crippen molar-refractivity contribution < 1.29 is 4.74 Å². The summed E-state index contributed by atoms with van der Waals surface area (Å²) in [6.45, 7) is 2.01. The van der Waals surface area contributed by atoms with Gasteiger partial charge < -0.3 is 10.1 Å². The van der Waals surface area contributed by atoms with Crippen LogP contribution < -0.4 is 10.1 Å². The molecule has 0 bridgehead atoms. The molecule has 0 spiro atoms. The van der Waals surface area contributed by atoms with E-state index in [1.54, 1.807) is 6.07 Å². The maximum atomic E-state index is 5.97. The van der Waals surface area contributed by atoms with E-state index in [1.807, 2.05) is 50.4 Å². The first-order chi connectivity index (χ1) is 8.20. The number of hydrogen-bond acceptors (Lipinski definition) is 2. The maximum absolute atomic E-state index is 5.97. The van der Waals surface area contributed by atoms with Crippen LogP contribution in [0, 0.1) is 6.92 Å². The molecular weight excluding hydrogens is 234 g/mol. The lowest BCUT2D eigenvalue weighted by molar-refractivity contribution is 0.481. The van der Waals surface area contributed by atoms with E-state index >= 15 is 0 Å². The van der Waals surface area contributed by atoms with Gasteiger partial charge in [0.15, 0.2) is 5.75 Å². The Hall–Kier alpha value is -1.67. The van der Waals surface area contributed by atoms with E-state index in [9.17, 15) is 0 Å². The highest BCUT2D eigenvalue weighted by atomic mass is 35.5. The van der Waals surface area contributed by atoms with Crippen molar-refractivity contribution in [1.82, 2.24) is 0 Å². The molecule has 0 saturated heterocycles. The van der Waals surface area contributed by atoms with E-state index in [4.69, 9.17) is 16.3 Å². The van der Waals surface area contributed by atoms with E-state index in [2.05, 4.69) is 5.32 Å². The van der Waals surface area contributed by atoms with Gasteiger partial charge in [-0.3, -0.25) is 0 Å². The number of benzene rings is 2. The molecule has 0 aliphatic heterocycles. The first-order valence-corrected chi connectivity index (χ1v) is 5.79. The fourth-order valence-corrected chi connectivity index (χ4v) is 1.74. The predicted octanol–water partition coefficient (Wildman–Crippen LogP) is 4.48. The lowest BCUT2D eigenvalue weighted by Gasteiger charge is -2.12. The van der Waals surface area contributed by atoms with Crippen molar-refractivity contribution in [3.63, 3.8) is 0 Å². The molecule has 2 nitrogen and oxygen atoms in total. The molecule has 0 unspecified atom stereocenters. The standard InChI is InChI=1S/C14H14ClNO/c1-10-5-3-4-6-13(10)17-14-9-11(15)7-8-12(14)16-2/h3-9,16H,1-2H3. The van der Waals surface area contributed by atoms with Crippen molar-refractivity contribution in [2.75, 3.05) is 12.4 Å². The largest absolute Gasteiger partial charge is 0.455 e. The van der Waals surface area contributed by atoms with E-state index in [0.717, 1.165) is 22.7 Å². The second kappa shape index (κ2) is 5.11. The van der Waals surface area contributed by atoms with Crippen LogP contribution >= 0.6 is 11.6 Å². The molecular formula is C14H14ClNO. The van der Waals surface area contributed by atoms with E-state index < -0.39 is 0 Å². The second-order valence-corrected chi connectivity index (χ2v) is 4.19. The van der Waals surface area contributed by atoms with Gasteiger partial charge in [0, 0.05) is 18.1 Å². The highest BCUT2D eigenvalue weighted by Crippen LogP contribution is 2.33. The van der Waals surface area contributed by atoms with Gasteiger partial charge in [-0.2, -0.15) is 0 Å². The SMILES string of the molecule is CNc1ccc(Cl)cc1Oc1ccccc1C. The molecule has 0 fully saturated rings. The van der Waals surface area contributed by atoms with Gasteiger partial charge in [0.2, 0.25) is 0 Å². The van der Waals surface area contributed by atoms with Crippen molar-refractivity contribution >= 4 is 17.3 Å². The average molecular weight is 248 g/mol. The lowest BCUT2D eigenvalue weighted by Crippen LogP contribution is -1.94. The molecule has 2 rings (SSSR count). The van der Waals surface area contributed by atoms with Gasteiger partial charge in [-0.1, -0.05) is 29.8 Å². The zero-order chi connectivity index (χ0) is 12.3. The lowest BCUT2D eigenvalue weighted by atomic mass is 10.2. The smallest absolute Gasteiger partial charge is 0.151 e. The summed E-state index contributed by atoms with van der Waals surface area (Å²) in [6, 6.07) is 13.4. The molecule has 2 aromatic rings. The molecule has 1 N–H and O–H groups in total. The van der Waals surface area contributed by atoms with Gasteiger partial charge in [0.25, 0.3) is 0 Å². The number of halogens is 1. The van der Waals surface area contributed by atoms with Gasteiger partial charge in [-0.25, -0.2) is 0 Å². The third-order valence-electron chi connectivity index (χ3n) is 2.53. The molecule has 0 atom stereocenters.